The van der Waals surface area contributed by atoms with E-state index < -0.39 is 33.6 Å². The van der Waals surface area contributed by atoms with E-state index in [2.05, 4.69) is 10.6 Å². The molecule has 0 radical (unpaired) electrons. The van der Waals surface area contributed by atoms with Crippen LogP contribution in [-0.4, -0.2) is 20.7 Å². The maximum absolute atomic E-state index is 12.7. The van der Waals surface area contributed by atoms with Gasteiger partial charge < -0.3 is 10.6 Å². The zero-order chi connectivity index (χ0) is 19.5. The normalized spacial score (nSPS) is 13.1. The maximum Gasteiger partial charge on any atom is 0.416 e. The number of hydrogen-bond acceptors (Lipinski definition) is 3. The summed E-state index contributed by atoms with van der Waals surface area (Å²) in [6.07, 6.45) is -3.41. The van der Waals surface area contributed by atoms with Crippen LogP contribution in [0, 0.1) is 0 Å². The number of amides is 2. The summed E-state index contributed by atoms with van der Waals surface area (Å²) in [4.78, 5) is 12.1. The number of nitrogens with one attached hydrogen (secondary N) is 2. The highest BCUT2D eigenvalue weighted by Crippen LogP contribution is 2.30. The zero-order valence-electron chi connectivity index (χ0n) is 14.0. The number of benzene rings is 2. The van der Waals surface area contributed by atoms with Crippen LogP contribution in [0.1, 0.15) is 24.1 Å². The molecule has 0 saturated carbocycles. The average molecular weight is 386 g/mol. The first-order chi connectivity index (χ1) is 12.0. The first-order valence-corrected chi connectivity index (χ1v) is 9.41. The molecule has 0 spiro atoms. The zero-order valence-corrected chi connectivity index (χ0v) is 14.8. The van der Waals surface area contributed by atoms with Crippen LogP contribution >= 0.6 is 0 Å². The van der Waals surface area contributed by atoms with E-state index in [0.717, 1.165) is 18.4 Å². The third-order valence-electron chi connectivity index (χ3n) is 3.60. The Morgan fingerprint density at radius 2 is 1.69 bits per heavy atom. The van der Waals surface area contributed by atoms with Crippen molar-refractivity contribution >= 4 is 21.6 Å². The minimum atomic E-state index is -4.50. The second-order valence-electron chi connectivity index (χ2n) is 5.74. The Bertz CT molecular complexity index is 894. The number of hydrogen-bond donors (Lipinski definition) is 2. The molecule has 1 atom stereocenters. The Morgan fingerprint density at radius 3 is 2.23 bits per heavy atom. The van der Waals surface area contributed by atoms with Gasteiger partial charge in [0.05, 0.1) is 16.5 Å². The molecule has 140 valence electrons. The molecule has 0 bridgehead atoms. The molecule has 0 aliphatic carbocycles. The lowest BCUT2D eigenvalue weighted by molar-refractivity contribution is -0.137. The van der Waals surface area contributed by atoms with Crippen molar-refractivity contribution in [3.63, 3.8) is 0 Å². The highest BCUT2D eigenvalue weighted by molar-refractivity contribution is 7.90. The summed E-state index contributed by atoms with van der Waals surface area (Å²) in [6, 6.07) is 9.11. The van der Waals surface area contributed by atoms with Crippen LogP contribution in [-0.2, 0) is 16.0 Å². The fraction of sp³-hybridized carbons (Fsp3) is 0.235. The maximum atomic E-state index is 12.7. The second-order valence-corrected chi connectivity index (χ2v) is 7.76. The molecule has 2 rings (SSSR count). The predicted octanol–water partition coefficient (Wildman–Crippen LogP) is 3.99. The monoisotopic (exact) mass is 386 g/mol. The van der Waals surface area contributed by atoms with Crippen LogP contribution in [0.25, 0.3) is 0 Å². The van der Waals surface area contributed by atoms with E-state index in [1.54, 1.807) is 19.1 Å². The van der Waals surface area contributed by atoms with Crippen molar-refractivity contribution in [1.29, 1.82) is 0 Å². The summed E-state index contributed by atoms with van der Waals surface area (Å²) in [5.74, 6) is 0. The van der Waals surface area contributed by atoms with Gasteiger partial charge in [-0.05, 0) is 42.8 Å². The topological polar surface area (TPSA) is 75.3 Å². The summed E-state index contributed by atoms with van der Waals surface area (Å²) in [6.45, 7) is 1.67. The molecule has 0 fully saturated rings. The largest absolute Gasteiger partial charge is 0.416 e. The quantitative estimate of drug-likeness (QED) is 0.834. The Morgan fingerprint density at radius 1 is 1.08 bits per heavy atom. The van der Waals surface area contributed by atoms with Gasteiger partial charge in [0.1, 0.15) is 0 Å². The summed E-state index contributed by atoms with van der Waals surface area (Å²) in [5, 5.41) is 4.93. The van der Waals surface area contributed by atoms with Crippen molar-refractivity contribution in [1.82, 2.24) is 5.32 Å². The van der Waals surface area contributed by atoms with Crippen molar-refractivity contribution in [2.45, 2.75) is 24.0 Å². The molecule has 0 heterocycles. The summed E-state index contributed by atoms with van der Waals surface area (Å²) < 4.78 is 60.9. The highest BCUT2D eigenvalue weighted by atomic mass is 32.2. The average Bonchev–Trinajstić information content (AvgIpc) is 2.53. The van der Waals surface area contributed by atoms with E-state index in [0.29, 0.717) is 5.56 Å². The van der Waals surface area contributed by atoms with Crippen LogP contribution in [0.15, 0.2) is 53.4 Å². The first kappa shape index (κ1) is 19.8. The number of alkyl halides is 3. The van der Waals surface area contributed by atoms with Crippen molar-refractivity contribution < 1.29 is 26.4 Å². The van der Waals surface area contributed by atoms with Gasteiger partial charge in [0.2, 0.25) is 0 Å². The number of carbonyl (C=O) groups is 1. The van der Waals surface area contributed by atoms with Gasteiger partial charge in [0.15, 0.2) is 9.84 Å². The molecule has 2 N–H and O–H groups in total. The van der Waals surface area contributed by atoms with Crippen LogP contribution in [0.5, 0.6) is 0 Å². The third kappa shape index (κ3) is 5.22. The Kier molecular flexibility index (Phi) is 5.60. The lowest BCUT2D eigenvalue weighted by atomic mass is 10.1. The Labute approximate surface area is 149 Å². The number of urea groups is 1. The van der Waals surface area contributed by atoms with Gasteiger partial charge in [-0.1, -0.05) is 18.2 Å². The lowest BCUT2D eigenvalue weighted by Gasteiger charge is -2.16. The second kappa shape index (κ2) is 7.36. The molecule has 9 heteroatoms. The highest BCUT2D eigenvalue weighted by Gasteiger charge is 2.30. The predicted molar refractivity (Wildman–Crippen MR) is 91.6 cm³/mol. The Hall–Kier alpha value is -2.55. The van der Waals surface area contributed by atoms with E-state index in [1.807, 2.05) is 0 Å². The minimum absolute atomic E-state index is 0.0111. The van der Waals surface area contributed by atoms with Gasteiger partial charge >= 0.3 is 12.2 Å². The van der Waals surface area contributed by atoms with Crippen LogP contribution < -0.4 is 10.6 Å². The molecule has 5 nitrogen and oxygen atoms in total. The SMILES string of the molecule is CC(NC(=O)Nc1cccc(C(F)(F)F)c1)c1ccc(S(C)(=O)=O)cc1. The number of rotatable bonds is 4. The van der Waals surface area contributed by atoms with Crippen molar-refractivity contribution in [3.8, 4) is 0 Å². The van der Waals surface area contributed by atoms with E-state index in [9.17, 15) is 26.4 Å². The summed E-state index contributed by atoms with van der Waals surface area (Å²) in [7, 11) is -3.32. The van der Waals surface area contributed by atoms with Crippen LogP contribution in [0.4, 0.5) is 23.7 Å². The fourth-order valence-electron chi connectivity index (χ4n) is 2.22. The fourth-order valence-corrected chi connectivity index (χ4v) is 2.85. The van der Waals surface area contributed by atoms with Gasteiger partial charge in [-0.25, -0.2) is 13.2 Å². The number of sulfone groups is 1. The number of halogens is 3. The van der Waals surface area contributed by atoms with Crippen molar-refractivity contribution in [2.24, 2.45) is 0 Å². The van der Waals surface area contributed by atoms with Crippen molar-refractivity contribution in [3.05, 3.63) is 59.7 Å². The van der Waals surface area contributed by atoms with E-state index >= 15 is 0 Å². The molecular weight excluding hydrogens is 369 g/mol. The molecule has 0 aromatic heterocycles. The first-order valence-electron chi connectivity index (χ1n) is 7.51. The van der Waals surface area contributed by atoms with Crippen molar-refractivity contribution in [2.75, 3.05) is 11.6 Å². The molecule has 2 aromatic rings. The van der Waals surface area contributed by atoms with Crippen LogP contribution in [0.2, 0.25) is 0 Å². The third-order valence-corrected chi connectivity index (χ3v) is 4.73. The van der Waals surface area contributed by atoms with Gasteiger partial charge in [0.25, 0.3) is 0 Å². The summed E-state index contributed by atoms with van der Waals surface area (Å²) in [5.41, 5.74) is -0.201. The molecule has 2 aromatic carbocycles. The van der Waals surface area contributed by atoms with E-state index in [-0.39, 0.29) is 10.6 Å². The Balaban J connectivity index is 2.03. The standard InChI is InChI=1S/C17H17F3N2O3S/c1-11(12-6-8-15(9-7-12)26(2,24)25)21-16(23)22-14-5-3-4-13(10-14)17(18,19)20/h3-11H,1-2H3,(H2,21,22,23). The van der Waals surface area contributed by atoms with Gasteiger partial charge in [-0.3, -0.25) is 0 Å². The molecule has 2 amide bonds. The molecular formula is C17H17F3N2O3S. The van der Waals surface area contributed by atoms with Gasteiger partial charge in [0, 0.05) is 11.9 Å². The van der Waals surface area contributed by atoms with E-state index in [4.69, 9.17) is 0 Å². The molecule has 0 aliphatic rings. The lowest BCUT2D eigenvalue weighted by Crippen LogP contribution is -2.31. The molecule has 0 aliphatic heterocycles. The van der Waals surface area contributed by atoms with Gasteiger partial charge in [-0.2, -0.15) is 13.2 Å². The number of carbonyl (C=O) groups excluding carboxylic acids is 1. The van der Waals surface area contributed by atoms with Crippen LogP contribution in [0.3, 0.4) is 0 Å². The van der Waals surface area contributed by atoms with Gasteiger partial charge in [-0.15, -0.1) is 0 Å². The minimum Gasteiger partial charge on any atom is -0.331 e. The smallest absolute Gasteiger partial charge is 0.331 e. The molecule has 1 unspecified atom stereocenters. The number of anilines is 1. The molecule has 26 heavy (non-hydrogen) atoms. The summed E-state index contributed by atoms with van der Waals surface area (Å²) >= 11 is 0. The molecule has 0 saturated heterocycles. The van der Waals surface area contributed by atoms with E-state index in [1.165, 1.54) is 24.3 Å².